The van der Waals surface area contributed by atoms with E-state index in [4.69, 9.17) is 22.8 Å². The van der Waals surface area contributed by atoms with Crippen molar-refractivity contribution in [2.24, 2.45) is 0 Å². The smallest absolute Gasteiger partial charge is 0.148 e. The summed E-state index contributed by atoms with van der Waals surface area (Å²) in [4.78, 5) is 4.16. The van der Waals surface area contributed by atoms with Crippen molar-refractivity contribution in [1.29, 1.82) is 0 Å². The van der Waals surface area contributed by atoms with Gasteiger partial charge in [0.05, 0.1) is 0 Å². The number of anilines is 1. The van der Waals surface area contributed by atoms with Crippen molar-refractivity contribution in [2.45, 2.75) is 6.54 Å². The molecule has 0 saturated carbocycles. The molecule has 4 heteroatoms. The fraction of sp³-hybridized carbons (Fsp3) is 0.133. The monoisotopic (exact) mass is 272 g/mol. The summed E-state index contributed by atoms with van der Waals surface area (Å²) in [5.74, 6) is 3.95. The van der Waals surface area contributed by atoms with E-state index in [1.54, 1.807) is 6.07 Å². The molecule has 96 valence electrons. The van der Waals surface area contributed by atoms with Crippen LogP contribution < -0.4 is 10.1 Å². The Morgan fingerprint density at radius 1 is 1.21 bits per heavy atom. The largest absolute Gasteiger partial charge is 0.481 e. The van der Waals surface area contributed by atoms with Gasteiger partial charge in [-0.15, -0.1) is 6.42 Å². The van der Waals surface area contributed by atoms with E-state index in [0.717, 1.165) is 17.1 Å². The number of nitrogens with one attached hydrogen (secondary N) is 1. The Kier molecular flexibility index (Phi) is 4.66. The third-order valence-electron chi connectivity index (χ3n) is 2.46. The first-order chi connectivity index (χ1) is 9.29. The Bertz CT molecular complexity index is 593. The molecule has 1 aromatic carbocycles. The summed E-state index contributed by atoms with van der Waals surface area (Å²) < 4.78 is 5.48. The molecule has 0 saturated heterocycles. The predicted molar refractivity (Wildman–Crippen MR) is 77.3 cm³/mol. The lowest BCUT2D eigenvalue weighted by atomic mass is 10.2. The maximum Gasteiger partial charge on any atom is 0.148 e. The van der Waals surface area contributed by atoms with Crippen molar-refractivity contribution in [3.05, 3.63) is 53.2 Å². The molecule has 0 aliphatic heterocycles. The summed E-state index contributed by atoms with van der Waals surface area (Å²) >= 11 is 5.83. The van der Waals surface area contributed by atoms with Crippen LogP contribution in [0.25, 0.3) is 0 Å². The first-order valence-corrected chi connectivity index (χ1v) is 6.18. The number of aromatic nitrogens is 1. The van der Waals surface area contributed by atoms with Gasteiger partial charge in [-0.25, -0.2) is 4.98 Å². The van der Waals surface area contributed by atoms with Crippen molar-refractivity contribution in [1.82, 2.24) is 4.98 Å². The van der Waals surface area contributed by atoms with E-state index >= 15 is 0 Å². The van der Waals surface area contributed by atoms with Crippen molar-refractivity contribution in [2.75, 3.05) is 11.9 Å². The number of nitrogens with zero attached hydrogens (tertiary/aromatic N) is 1. The maximum atomic E-state index is 5.83. The lowest BCUT2D eigenvalue weighted by Crippen LogP contribution is -2.04. The van der Waals surface area contributed by atoms with Crippen LogP contribution >= 0.6 is 11.6 Å². The highest BCUT2D eigenvalue weighted by Gasteiger charge is 2.03. The number of hydrogen-bond donors (Lipinski definition) is 1. The second kappa shape index (κ2) is 6.67. The number of benzene rings is 1. The van der Waals surface area contributed by atoms with Gasteiger partial charge in [0.1, 0.15) is 23.3 Å². The quantitative estimate of drug-likeness (QED) is 0.669. The number of rotatable bonds is 5. The Balaban J connectivity index is 2.05. The van der Waals surface area contributed by atoms with Crippen LogP contribution in [0.5, 0.6) is 5.75 Å². The van der Waals surface area contributed by atoms with Crippen LogP contribution in [0, 0.1) is 12.3 Å². The minimum atomic E-state index is 0.256. The second-order valence-electron chi connectivity index (χ2n) is 3.80. The van der Waals surface area contributed by atoms with Crippen LogP contribution in [-0.2, 0) is 6.54 Å². The normalized spacial score (nSPS) is 9.68. The topological polar surface area (TPSA) is 34.1 Å². The second-order valence-corrected chi connectivity index (χ2v) is 4.19. The first kappa shape index (κ1) is 13.3. The van der Waals surface area contributed by atoms with Crippen molar-refractivity contribution >= 4 is 17.4 Å². The third kappa shape index (κ3) is 3.90. The van der Waals surface area contributed by atoms with E-state index in [0.29, 0.717) is 11.7 Å². The zero-order valence-electron chi connectivity index (χ0n) is 10.3. The number of terminal acetylenes is 1. The van der Waals surface area contributed by atoms with E-state index in [1.807, 2.05) is 36.4 Å². The molecule has 0 spiro atoms. The summed E-state index contributed by atoms with van der Waals surface area (Å²) in [6.07, 6.45) is 5.19. The number of para-hydroxylation sites is 1. The summed E-state index contributed by atoms with van der Waals surface area (Å²) in [7, 11) is 0. The number of halogens is 1. The summed E-state index contributed by atoms with van der Waals surface area (Å²) in [6.45, 7) is 0.848. The van der Waals surface area contributed by atoms with Crippen molar-refractivity contribution in [3.63, 3.8) is 0 Å². The van der Waals surface area contributed by atoms with Crippen molar-refractivity contribution < 1.29 is 4.74 Å². The van der Waals surface area contributed by atoms with Crippen LogP contribution in [-0.4, -0.2) is 11.6 Å². The first-order valence-electron chi connectivity index (χ1n) is 5.80. The Morgan fingerprint density at radius 2 is 2.05 bits per heavy atom. The average molecular weight is 273 g/mol. The van der Waals surface area contributed by atoms with Gasteiger partial charge >= 0.3 is 0 Å². The fourth-order valence-electron chi connectivity index (χ4n) is 1.60. The van der Waals surface area contributed by atoms with Gasteiger partial charge < -0.3 is 10.1 Å². The van der Waals surface area contributed by atoms with Gasteiger partial charge in [0.2, 0.25) is 0 Å². The van der Waals surface area contributed by atoms with Gasteiger partial charge in [-0.3, -0.25) is 0 Å². The molecule has 2 aromatic rings. The highest BCUT2D eigenvalue weighted by atomic mass is 35.5. The Morgan fingerprint density at radius 3 is 2.84 bits per heavy atom. The molecule has 0 unspecified atom stereocenters. The van der Waals surface area contributed by atoms with Gasteiger partial charge in [0.15, 0.2) is 0 Å². The summed E-state index contributed by atoms with van der Waals surface area (Å²) in [5.41, 5.74) is 1.01. The van der Waals surface area contributed by atoms with Gasteiger partial charge in [-0.2, -0.15) is 0 Å². The molecular weight excluding hydrogens is 260 g/mol. The van der Waals surface area contributed by atoms with E-state index < -0.39 is 0 Å². The fourth-order valence-corrected chi connectivity index (χ4v) is 1.77. The molecule has 0 bridgehead atoms. The predicted octanol–water partition coefficient (Wildman–Crippen LogP) is 3.36. The van der Waals surface area contributed by atoms with Crippen LogP contribution in [0.4, 0.5) is 5.82 Å². The minimum Gasteiger partial charge on any atom is -0.481 e. The summed E-state index contributed by atoms with van der Waals surface area (Å²) in [5, 5.41) is 3.65. The molecule has 2 rings (SSSR count). The Labute approximate surface area is 117 Å². The molecule has 3 nitrogen and oxygen atoms in total. The Hall–Kier alpha value is -2.18. The molecule has 1 heterocycles. The van der Waals surface area contributed by atoms with Gasteiger partial charge in [-0.1, -0.05) is 41.8 Å². The third-order valence-corrected chi connectivity index (χ3v) is 2.67. The maximum absolute atomic E-state index is 5.83. The molecule has 0 aliphatic rings. The molecule has 0 fully saturated rings. The lowest BCUT2D eigenvalue weighted by molar-refractivity contribution is 0.366. The molecule has 0 atom stereocenters. The summed E-state index contributed by atoms with van der Waals surface area (Å²) in [6, 6.07) is 13.2. The molecule has 0 aliphatic carbocycles. The number of pyridine rings is 1. The number of hydrogen-bond acceptors (Lipinski definition) is 3. The molecule has 0 amide bonds. The standard InChI is InChI=1S/C15H13ClN2O/c1-2-10-19-13-7-4-3-6-12(13)11-17-15-9-5-8-14(16)18-15/h1,3-9H,10-11H2,(H,17,18). The minimum absolute atomic E-state index is 0.256. The van der Waals surface area contributed by atoms with Crippen LogP contribution in [0.15, 0.2) is 42.5 Å². The molecule has 19 heavy (non-hydrogen) atoms. The lowest BCUT2D eigenvalue weighted by Gasteiger charge is -2.11. The van der Waals surface area contributed by atoms with Crippen LogP contribution in [0.1, 0.15) is 5.56 Å². The zero-order valence-corrected chi connectivity index (χ0v) is 11.0. The molecule has 1 aromatic heterocycles. The van der Waals surface area contributed by atoms with Crippen LogP contribution in [0.2, 0.25) is 5.15 Å². The molecular formula is C15H13ClN2O. The highest BCUT2D eigenvalue weighted by molar-refractivity contribution is 6.29. The number of ether oxygens (including phenoxy) is 1. The molecule has 0 radical (unpaired) electrons. The SMILES string of the molecule is C#CCOc1ccccc1CNc1cccc(Cl)n1. The van der Waals surface area contributed by atoms with Gasteiger partial charge in [0, 0.05) is 12.1 Å². The zero-order chi connectivity index (χ0) is 13.5. The van der Waals surface area contributed by atoms with Crippen LogP contribution in [0.3, 0.4) is 0 Å². The van der Waals surface area contributed by atoms with E-state index in [1.165, 1.54) is 0 Å². The van der Waals surface area contributed by atoms with Gasteiger partial charge in [0.25, 0.3) is 0 Å². The van der Waals surface area contributed by atoms with E-state index in [-0.39, 0.29) is 6.61 Å². The van der Waals surface area contributed by atoms with Crippen molar-refractivity contribution in [3.8, 4) is 18.1 Å². The molecule has 1 N–H and O–H groups in total. The highest BCUT2D eigenvalue weighted by Crippen LogP contribution is 2.19. The average Bonchev–Trinajstić information content (AvgIpc) is 2.44. The van der Waals surface area contributed by atoms with E-state index in [2.05, 4.69) is 16.2 Å². The van der Waals surface area contributed by atoms with Gasteiger partial charge in [-0.05, 0) is 18.2 Å². The van der Waals surface area contributed by atoms with E-state index in [9.17, 15) is 0 Å².